The Hall–Kier alpha value is -4.46. The van der Waals surface area contributed by atoms with Crippen LogP contribution in [0.1, 0.15) is 5.56 Å². The van der Waals surface area contributed by atoms with Crippen LogP contribution in [0.4, 0.5) is 0 Å². The monoisotopic (exact) mass is 500 g/mol. The van der Waals surface area contributed by atoms with Crippen molar-refractivity contribution in [2.75, 3.05) is 0 Å². The molecule has 0 spiro atoms. The first-order chi connectivity index (χ1) is 18.7. The van der Waals surface area contributed by atoms with Gasteiger partial charge in [0.05, 0.1) is 0 Å². The van der Waals surface area contributed by atoms with E-state index in [1.54, 1.807) is 0 Å². The van der Waals surface area contributed by atoms with Crippen molar-refractivity contribution in [2.45, 2.75) is 6.92 Å². The van der Waals surface area contributed by atoms with Crippen molar-refractivity contribution in [3.05, 3.63) is 133 Å². The fraction of sp³-hybridized carbons (Fsp3) is 0.0270. The second-order valence-electron chi connectivity index (χ2n) is 10.3. The zero-order valence-corrected chi connectivity index (χ0v) is 21.8. The average Bonchev–Trinajstić information content (AvgIpc) is 3.40. The van der Waals surface area contributed by atoms with Gasteiger partial charge in [-0.05, 0) is 97.2 Å². The molecule has 38 heavy (non-hydrogen) atoms. The van der Waals surface area contributed by atoms with Crippen molar-refractivity contribution in [2.24, 2.45) is 0 Å². The summed E-state index contributed by atoms with van der Waals surface area (Å²) < 4.78 is 1.33. The molecule has 0 atom stereocenters. The third-order valence-electron chi connectivity index (χ3n) is 7.88. The number of thiophene rings is 1. The molecule has 0 saturated carbocycles. The van der Waals surface area contributed by atoms with Crippen LogP contribution in [0.2, 0.25) is 0 Å². The highest BCUT2D eigenvalue weighted by molar-refractivity contribution is 7.22. The summed E-state index contributed by atoms with van der Waals surface area (Å²) in [4.78, 5) is 1.32. The van der Waals surface area contributed by atoms with E-state index in [2.05, 4.69) is 134 Å². The summed E-state index contributed by atoms with van der Waals surface area (Å²) in [5.74, 6) is 0. The second kappa shape index (κ2) is 8.28. The summed E-state index contributed by atoms with van der Waals surface area (Å²) in [5, 5.41) is 9.27. The molecule has 0 radical (unpaired) electrons. The Balaban J connectivity index is 1.49. The first kappa shape index (κ1) is 21.6. The van der Waals surface area contributed by atoms with E-state index in [9.17, 15) is 0 Å². The van der Waals surface area contributed by atoms with Gasteiger partial charge in [0.1, 0.15) is 0 Å². The van der Waals surface area contributed by atoms with Gasteiger partial charge < -0.3 is 0 Å². The van der Waals surface area contributed by atoms with Gasteiger partial charge in [0.15, 0.2) is 0 Å². The summed E-state index contributed by atoms with van der Waals surface area (Å²) in [6, 6.07) is 47.2. The summed E-state index contributed by atoms with van der Waals surface area (Å²) in [6.45, 7) is 2.15. The molecule has 7 aromatic carbocycles. The number of aryl methyl sites for hydroxylation is 1. The predicted molar refractivity (Wildman–Crippen MR) is 167 cm³/mol. The molecule has 0 N–H and O–H groups in total. The Morgan fingerprint density at radius 2 is 1.13 bits per heavy atom. The standard InChI is InChI=1S/C37H24S/c1-23-11-13-25(14-12-23)32-22-33(35-21-26-9-5-6-10-34(26)38-35)31-18-16-28-20-29(24-7-3-2-4-8-24)19-27-15-17-30(32)37(31)36(27)28/h2-22H,1H3. The van der Waals surface area contributed by atoms with Crippen LogP contribution in [0, 0.1) is 6.92 Å². The molecule has 0 bridgehead atoms. The average molecular weight is 501 g/mol. The molecule has 0 aliphatic carbocycles. The lowest BCUT2D eigenvalue weighted by molar-refractivity contribution is 1.47. The van der Waals surface area contributed by atoms with Gasteiger partial charge in [0, 0.05) is 15.1 Å². The summed E-state index contributed by atoms with van der Waals surface area (Å²) in [5.41, 5.74) is 7.68. The first-order valence-corrected chi connectivity index (χ1v) is 13.9. The van der Waals surface area contributed by atoms with E-state index in [0.29, 0.717) is 0 Å². The van der Waals surface area contributed by atoms with Gasteiger partial charge in [-0.1, -0.05) is 103 Å². The number of hydrogen-bond acceptors (Lipinski definition) is 1. The molecule has 0 fully saturated rings. The van der Waals surface area contributed by atoms with E-state index < -0.39 is 0 Å². The molecule has 0 aliphatic rings. The van der Waals surface area contributed by atoms with Gasteiger partial charge in [-0.3, -0.25) is 0 Å². The van der Waals surface area contributed by atoms with Crippen LogP contribution < -0.4 is 0 Å². The van der Waals surface area contributed by atoms with Gasteiger partial charge in [-0.2, -0.15) is 0 Å². The van der Waals surface area contributed by atoms with Crippen LogP contribution in [0.3, 0.4) is 0 Å². The van der Waals surface area contributed by atoms with Crippen LogP contribution in [0.5, 0.6) is 0 Å². The molecule has 0 aliphatic heterocycles. The van der Waals surface area contributed by atoms with Crippen molar-refractivity contribution in [1.82, 2.24) is 0 Å². The van der Waals surface area contributed by atoms with E-state index >= 15 is 0 Å². The lowest BCUT2D eigenvalue weighted by atomic mass is 9.86. The summed E-state index contributed by atoms with van der Waals surface area (Å²) >= 11 is 1.89. The molecular formula is C37H24S. The van der Waals surface area contributed by atoms with Gasteiger partial charge >= 0.3 is 0 Å². The fourth-order valence-corrected chi connectivity index (χ4v) is 7.10. The summed E-state index contributed by atoms with van der Waals surface area (Å²) in [6.07, 6.45) is 0. The van der Waals surface area contributed by atoms with Crippen molar-refractivity contribution in [3.8, 4) is 32.7 Å². The van der Waals surface area contributed by atoms with Gasteiger partial charge in [0.25, 0.3) is 0 Å². The minimum absolute atomic E-state index is 1.25. The van der Waals surface area contributed by atoms with Crippen LogP contribution >= 0.6 is 11.3 Å². The molecular weight excluding hydrogens is 476 g/mol. The van der Waals surface area contributed by atoms with E-state index in [1.165, 1.54) is 80.7 Å². The molecule has 1 aromatic heterocycles. The highest BCUT2D eigenvalue weighted by atomic mass is 32.1. The largest absolute Gasteiger partial charge is 0.135 e. The maximum absolute atomic E-state index is 2.42. The molecule has 1 heterocycles. The van der Waals surface area contributed by atoms with Crippen LogP contribution in [-0.4, -0.2) is 0 Å². The van der Waals surface area contributed by atoms with Crippen LogP contribution in [-0.2, 0) is 0 Å². The van der Waals surface area contributed by atoms with Gasteiger partial charge in [0.2, 0.25) is 0 Å². The molecule has 8 aromatic rings. The summed E-state index contributed by atoms with van der Waals surface area (Å²) in [7, 11) is 0. The van der Waals surface area contributed by atoms with E-state index in [1.807, 2.05) is 11.3 Å². The first-order valence-electron chi connectivity index (χ1n) is 13.1. The quantitative estimate of drug-likeness (QED) is 0.212. The Morgan fingerprint density at radius 3 is 1.87 bits per heavy atom. The van der Waals surface area contributed by atoms with Crippen LogP contribution in [0.25, 0.3) is 75.1 Å². The van der Waals surface area contributed by atoms with E-state index in [0.717, 1.165) is 0 Å². The molecule has 0 saturated heterocycles. The number of rotatable bonds is 3. The Morgan fingerprint density at radius 1 is 0.447 bits per heavy atom. The molecule has 0 nitrogen and oxygen atoms in total. The third-order valence-corrected chi connectivity index (χ3v) is 9.03. The third kappa shape index (κ3) is 3.29. The predicted octanol–water partition coefficient (Wildman–Crippen LogP) is 11.1. The van der Waals surface area contributed by atoms with Crippen molar-refractivity contribution in [1.29, 1.82) is 0 Å². The number of hydrogen-bond donors (Lipinski definition) is 0. The van der Waals surface area contributed by atoms with E-state index in [-0.39, 0.29) is 0 Å². The Labute approximate surface area is 225 Å². The normalized spacial score (nSPS) is 11.8. The SMILES string of the molecule is Cc1ccc(-c2cc(-c3cc4ccccc4s3)c3ccc4cc(-c5ccccc5)cc5ccc2c3c54)cc1. The molecule has 0 unspecified atom stereocenters. The molecule has 0 amide bonds. The maximum Gasteiger partial charge on any atom is 0.0361 e. The molecule has 8 rings (SSSR count). The Bertz CT molecular complexity index is 2060. The van der Waals surface area contributed by atoms with Crippen molar-refractivity contribution < 1.29 is 0 Å². The smallest absolute Gasteiger partial charge is 0.0361 e. The lowest BCUT2D eigenvalue weighted by Crippen LogP contribution is -1.91. The van der Waals surface area contributed by atoms with E-state index in [4.69, 9.17) is 0 Å². The number of benzene rings is 7. The molecule has 178 valence electrons. The van der Waals surface area contributed by atoms with Crippen molar-refractivity contribution >= 4 is 53.7 Å². The fourth-order valence-electron chi connectivity index (χ4n) is 6.00. The van der Waals surface area contributed by atoms with Crippen LogP contribution in [0.15, 0.2) is 127 Å². The topological polar surface area (TPSA) is 0 Å². The zero-order valence-electron chi connectivity index (χ0n) is 21.0. The van der Waals surface area contributed by atoms with Gasteiger partial charge in [-0.25, -0.2) is 0 Å². The zero-order chi connectivity index (χ0) is 25.2. The highest BCUT2D eigenvalue weighted by Crippen LogP contribution is 2.46. The minimum atomic E-state index is 1.25. The van der Waals surface area contributed by atoms with Gasteiger partial charge in [-0.15, -0.1) is 11.3 Å². The lowest BCUT2D eigenvalue weighted by Gasteiger charge is -2.18. The highest BCUT2D eigenvalue weighted by Gasteiger charge is 2.18. The number of fused-ring (bicyclic) bond motifs is 1. The second-order valence-corrected chi connectivity index (χ2v) is 11.3. The van der Waals surface area contributed by atoms with Crippen molar-refractivity contribution in [3.63, 3.8) is 0 Å². The maximum atomic E-state index is 2.42. The molecule has 1 heteroatoms. The Kier molecular flexibility index (Phi) is 4.71. The minimum Gasteiger partial charge on any atom is -0.135 e.